The molecule has 1 unspecified atom stereocenters. The molecule has 8 rings (SSSR count). The maximum Gasteiger partial charge on any atom is 0.414 e. The van der Waals surface area contributed by atoms with Crippen LogP contribution in [0.3, 0.4) is 0 Å². The van der Waals surface area contributed by atoms with Crippen LogP contribution in [0, 0.1) is 5.92 Å². The van der Waals surface area contributed by atoms with Crippen molar-refractivity contribution in [2.24, 2.45) is 5.92 Å². The maximum atomic E-state index is 14.6. The van der Waals surface area contributed by atoms with Gasteiger partial charge in [0.05, 0.1) is 22.5 Å². The monoisotopic (exact) mass is 846 g/mol. The van der Waals surface area contributed by atoms with Crippen LogP contribution in [-0.2, 0) is 24.4 Å². The molecule has 3 N–H and O–H groups in total. The van der Waals surface area contributed by atoms with E-state index >= 15 is 0 Å². The van der Waals surface area contributed by atoms with Gasteiger partial charge in [0.15, 0.2) is 5.06 Å². The summed E-state index contributed by atoms with van der Waals surface area (Å²) in [7, 11) is -4.21. The van der Waals surface area contributed by atoms with Gasteiger partial charge in [-0.15, -0.1) is 34.0 Å². The van der Waals surface area contributed by atoms with Gasteiger partial charge in [-0.3, -0.25) is 14.4 Å². The van der Waals surface area contributed by atoms with Crippen LogP contribution in [0.25, 0.3) is 21.6 Å². The van der Waals surface area contributed by atoms with E-state index in [0.717, 1.165) is 29.1 Å². The Kier molecular flexibility index (Phi) is 11.1. The number of fused-ring (bicyclic) bond motifs is 3. The Morgan fingerprint density at radius 2 is 1.68 bits per heavy atom. The van der Waals surface area contributed by atoms with Crippen LogP contribution in [0.1, 0.15) is 44.9 Å². The van der Waals surface area contributed by atoms with Crippen molar-refractivity contribution in [3.05, 3.63) is 89.0 Å². The fourth-order valence-corrected chi connectivity index (χ4v) is 10.5. The lowest BCUT2D eigenvalue weighted by molar-refractivity contribution is -0.141. The molecule has 1 saturated carbocycles. The topological polar surface area (TPSA) is 186 Å². The number of amides is 4. The second-order valence-corrected chi connectivity index (χ2v) is 18.8. The van der Waals surface area contributed by atoms with Crippen LogP contribution in [0.15, 0.2) is 93.2 Å². The third kappa shape index (κ3) is 8.44. The second kappa shape index (κ2) is 16.4. The highest BCUT2D eigenvalue weighted by atomic mass is 32.2. The number of ether oxygens (including phenoxy) is 2. The molecule has 2 fully saturated rings. The molecular weight excluding hydrogens is 809 g/mol. The summed E-state index contributed by atoms with van der Waals surface area (Å²) in [5, 5.41) is 11.2. The van der Waals surface area contributed by atoms with E-state index in [1.165, 1.54) is 33.6 Å². The van der Waals surface area contributed by atoms with Crippen LogP contribution >= 0.6 is 34.0 Å². The van der Waals surface area contributed by atoms with E-state index in [0.29, 0.717) is 34.6 Å². The quantitative estimate of drug-likeness (QED) is 0.159. The lowest BCUT2D eigenvalue weighted by Crippen LogP contribution is -2.58. The summed E-state index contributed by atoms with van der Waals surface area (Å²) in [6, 6.07) is 15.3. The molecule has 0 radical (unpaired) electrons. The van der Waals surface area contributed by atoms with Gasteiger partial charge >= 0.3 is 6.09 Å². The summed E-state index contributed by atoms with van der Waals surface area (Å²) in [4.78, 5) is 68.0. The number of allylic oxidation sites excluding steroid dienone is 1. The van der Waals surface area contributed by atoms with Crippen molar-refractivity contribution in [1.29, 1.82) is 0 Å². The number of rotatable bonds is 8. The lowest BCUT2D eigenvalue weighted by atomic mass is 10.1. The normalized spacial score (nSPS) is 24.6. The molecule has 6 heterocycles. The van der Waals surface area contributed by atoms with E-state index in [4.69, 9.17) is 19.4 Å². The second-order valence-electron chi connectivity index (χ2n) is 14.0. The van der Waals surface area contributed by atoms with E-state index in [1.807, 2.05) is 53.9 Å². The zero-order chi connectivity index (χ0) is 39.6. The third-order valence-electron chi connectivity index (χ3n) is 10.2. The predicted molar refractivity (Wildman–Crippen MR) is 216 cm³/mol. The predicted octanol–water partition coefficient (Wildman–Crippen LogP) is 5.89. The van der Waals surface area contributed by atoms with Crippen LogP contribution < -0.4 is 24.8 Å². The average Bonchev–Trinajstić information content (AvgIpc) is 3.89. The van der Waals surface area contributed by atoms with E-state index in [-0.39, 0.29) is 35.9 Å². The number of nitrogens with one attached hydrogen (secondary N) is 3. The average molecular weight is 847 g/mol. The van der Waals surface area contributed by atoms with Gasteiger partial charge in [0, 0.05) is 12.3 Å². The highest BCUT2D eigenvalue weighted by Crippen LogP contribution is 2.46. The van der Waals surface area contributed by atoms with E-state index in [1.54, 1.807) is 29.0 Å². The number of hydrogen-bond acceptors (Lipinski definition) is 13. The molecule has 5 atom stereocenters. The Morgan fingerprint density at radius 3 is 2.44 bits per heavy atom. The number of hydrogen-bond donors (Lipinski definition) is 3. The first-order valence-corrected chi connectivity index (χ1v) is 22.6. The largest absolute Gasteiger partial charge is 0.471 e. The van der Waals surface area contributed by atoms with Gasteiger partial charge in [-0.1, -0.05) is 49.3 Å². The number of thiophene rings is 3. The molecule has 4 aromatic heterocycles. The Morgan fingerprint density at radius 1 is 0.912 bits per heavy atom. The Bertz CT molecular complexity index is 2400. The zero-order valence-corrected chi connectivity index (χ0v) is 33.6. The fourth-order valence-electron chi connectivity index (χ4n) is 7.23. The first-order chi connectivity index (χ1) is 27.6. The van der Waals surface area contributed by atoms with Crippen LogP contribution in [0.4, 0.5) is 4.79 Å². The van der Waals surface area contributed by atoms with Crippen molar-refractivity contribution in [2.75, 3.05) is 6.54 Å². The van der Waals surface area contributed by atoms with E-state index in [2.05, 4.69) is 15.4 Å². The molecule has 1 aliphatic carbocycles. The number of benzene rings is 1. The lowest BCUT2D eigenvalue weighted by Gasteiger charge is -2.29. The van der Waals surface area contributed by atoms with Crippen molar-refractivity contribution in [3.8, 4) is 21.5 Å². The first-order valence-electron chi connectivity index (χ1n) is 18.5. The van der Waals surface area contributed by atoms with Crippen molar-refractivity contribution in [2.45, 2.75) is 72.9 Å². The fraction of sp³-hybridized carbons (Fsp3) is 0.333. The number of carbonyl (C=O) groups is 4. The standard InChI is InChI=1S/C39H38N6O8S4/c46-34-29-21-25(52-35-33(30-15-8-18-54-30)40-26-12-6-7-13-27(26)41-35)23-45(29)36(47)28(42-38(49)53-31-16-9-19-55-31)14-5-3-1-2-4-11-24-22-39(24,43-34)37(48)44-57(50,51)32-17-10-20-56-32/h4,6-13,15-20,24-25,28-29H,1-3,5,14,21-23H2,(H,42,49)(H,43,46)(H,44,48)/b11-4-/t24?,25-,28+,29+,39-/m1/s1. The van der Waals surface area contributed by atoms with Gasteiger partial charge in [0.25, 0.3) is 15.9 Å². The minimum absolute atomic E-state index is 0.00796. The maximum absolute atomic E-state index is 14.6. The summed E-state index contributed by atoms with van der Waals surface area (Å²) in [6.45, 7) is -0.0528. The van der Waals surface area contributed by atoms with Gasteiger partial charge in [0.1, 0.15) is 33.6 Å². The summed E-state index contributed by atoms with van der Waals surface area (Å²) >= 11 is 3.66. The van der Waals surface area contributed by atoms with Crippen LogP contribution in [-0.4, -0.2) is 77.4 Å². The number of nitrogens with zero attached hydrogens (tertiary/aromatic N) is 3. The van der Waals surface area contributed by atoms with Gasteiger partial charge in [0.2, 0.25) is 17.7 Å². The Balaban J connectivity index is 1.11. The summed E-state index contributed by atoms with van der Waals surface area (Å²) in [6.07, 6.45) is 5.44. The third-order valence-corrected chi connectivity index (χ3v) is 14.5. The molecule has 1 saturated heterocycles. The summed E-state index contributed by atoms with van der Waals surface area (Å²) in [5.74, 6) is -2.30. The first kappa shape index (κ1) is 38.7. The molecule has 3 aliphatic rings. The van der Waals surface area contributed by atoms with Gasteiger partial charge < -0.3 is 25.0 Å². The minimum atomic E-state index is -4.21. The zero-order valence-electron chi connectivity index (χ0n) is 30.4. The smallest absolute Gasteiger partial charge is 0.414 e. The van der Waals surface area contributed by atoms with Gasteiger partial charge in [-0.25, -0.2) is 27.9 Å². The van der Waals surface area contributed by atoms with Crippen molar-refractivity contribution < 1.29 is 37.1 Å². The summed E-state index contributed by atoms with van der Waals surface area (Å²) in [5.41, 5.74) is 0.198. The highest BCUT2D eigenvalue weighted by molar-refractivity contribution is 7.92. The molecule has 0 bridgehead atoms. The number of carbonyl (C=O) groups excluding carboxylic acids is 4. The molecule has 57 heavy (non-hydrogen) atoms. The van der Waals surface area contributed by atoms with E-state index in [9.17, 15) is 27.6 Å². The molecule has 14 nitrogen and oxygen atoms in total. The highest BCUT2D eigenvalue weighted by Gasteiger charge is 2.61. The molecule has 5 aromatic rings. The molecule has 4 amide bonds. The van der Waals surface area contributed by atoms with Crippen molar-refractivity contribution in [3.63, 3.8) is 0 Å². The molecule has 296 valence electrons. The molecule has 1 aromatic carbocycles. The molecule has 0 spiro atoms. The molecule has 18 heteroatoms. The minimum Gasteiger partial charge on any atom is -0.471 e. The van der Waals surface area contributed by atoms with E-state index < -0.39 is 63.5 Å². The van der Waals surface area contributed by atoms with Crippen LogP contribution in [0.5, 0.6) is 10.9 Å². The van der Waals surface area contributed by atoms with Gasteiger partial charge in [-0.05, 0) is 78.2 Å². The van der Waals surface area contributed by atoms with Crippen LogP contribution in [0.2, 0.25) is 0 Å². The Hall–Kier alpha value is -5.17. The number of sulfonamides is 1. The molecule has 2 aliphatic heterocycles. The Labute approximate surface area is 340 Å². The molecular formula is C39H38N6O8S4. The SMILES string of the molecule is O=C(N[C@H]1CCCCC/C=C\C2C[C@@]2(C(=O)NS(=O)(=O)c2cccs2)NC(=O)[C@@H]2C[C@@H](Oc3nc4ccccc4nc3-c3cccs3)CN2C1=O)Oc1cccs1. The van der Waals surface area contributed by atoms with Crippen molar-refractivity contribution >= 4 is 78.9 Å². The summed E-state index contributed by atoms with van der Waals surface area (Å²) < 4.78 is 40.5. The van der Waals surface area contributed by atoms with Gasteiger partial charge in [-0.2, -0.15) is 0 Å². The van der Waals surface area contributed by atoms with Crippen molar-refractivity contribution in [1.82, 2.24) is 30.2 Å². The number of para-hydroxylation sites is 2. The number of aromatic nitrogens is 2.